The third-order valence-electron chi connectivity index (χ3n) is 6.19. The van der Waals surface area contributed by atoms with Gasteiger partial charge in [-0.25, -0.2) is 31.1 Å². The fraction of sp³-hybridized carbons (Fsp3) is 0.667. The maximum absolute atomic E-state index is 14.1. The molecule has 11 heteroatoms. The van der Waals surface area contributed by atoms with Gasteiger partial charge in [-0.15, -0.1) is 0 Å². The Morgan fingerprint density at radius 2 is 1.84 bits per heavy atom. The van der Waals surface area contributed by atoms with E-state index in [1.165, 1.54) is 12.0 Å². The summed E-state index contributed by atoms with van der Waals surface area (Å²) in [5.41, 5.74) is 0.0440. The lowest BCUT2D eigenvalue weighted by atomic mass is 9.82. The van der Waals surface area contributed by atoms with Crippen LogP contribution in [0.5, 0.6) is 0 Å². The van der Waals surface area contributed by atoms with Crippen LogP contribution in [0, 0.1) is 17.5 Å². The highest BCUT2D eigenvalue weighted by molar-refractivity contribution is 7.88. The maximum Gasteiger partial charge on any atom is 0.409 e. The molecule has 3 rings (SSSR count). The number of sulfonamides is 1. The minimum atomic E-state index is -3.49. The lowest BCUT2D eigenvalue weighted by Crippen LogP contribution is -2.59. The van der Waals surface area contributed by atoms with E-state index in [1.54, 1.807) is 0 Å². The van der Waals surface area contributed by atoms with E-state index in [9.17, 15) is 26.4 Å². The first-order valence-electron chi connectivity index (χ1n) is 10.7. The standard InChI is InChI=1S/C21H29F3N2O5S/c1-30-21(27)26-9-3-4-18(25-32(2,28)29)19(26)12-31-15-7-5-13(6-8-15)16-10-14(22)11-17(23)20(16)24/h10-11,13,15,18-19,25H,3-9,12H2,1-2H3/t13-,15+,18-,19-/m0/s1. The fourth-order valence-corrected chi connectivity index (χ4v) is 5.49. The van der Waals surface area contributed by atoms with Gasteiger partial charge in [0.05, 0.1) is 32.1 Å². The molecule has 0 aromatic heterocycles. The number of nitrogens with zero attached hydrogens (tertiary/aromatic N) is 1. The number of piperidine rings is 1. The molecule has 0 radical (unpaired) electrons. The molecule has 0 spiro atoms. The van der Waals surface area contributed by atoms with Crippen LogP contribution in [0.2, 0.25) is 0 Å². The predicted molar refractivity (Wildman–Crippen MR) is 111 cm³/mol. The van der Waals surface area contributed by atoms with Crippen molar-refractivity contribution in [2.75, 3.05) is 26.5 Å². The van der Waals surface area contributed by atoms with E-state index < -0.39 is 45.7 Å². The number of ether oxygens (including phenoxy) is 2. The molecule has 1 saturated heterocycles. The minimum Gasteiger partial charge on any atom is -0.453 e. The summed E-state index contributed by atoms with van der Waals surface area (Å²) >= 11 is 0. The first kappa shape index (κ1) is 24.8. The SMILES string of the molecule is COC(=O)N1CCC[C@H](NS(C)(=O)=O)[C@@H]1CO[C@H]1CC[C@@H](c2cc(F)cc(F)c2F)CC1. The Kier molecular flexibility index (Phi) is 8.05. The van der Waals surface area contributed by atoms with Gasteiger partial charge in [-0.1, -0.05) is 0 Å². The predicted octanol–water partition coefficient (Wildman–Crippen LogP) is 3.30. The minimum absolute atomic E-state index is 0.0440. The third kappa shape index (κ3) is 6.14. The molecule has 1 saturated carbocycles. The molecular formula is C21H29F3N2O5S. The lowest BCUT2D eigenvalue weighted by Gasteiger charge is -2.41. The highest BCUT2D eigenvalue weighted by Gasteiger charge is 2.37. The van der Waals surface area contributed by atoms with E-state index in [0.717, 1.165) is 12.3 Å². The van der Waals surface area contributed by atoms with E-state index in [1.807, 2.05) is 0 Å². The van der Waals surface area contributed by atoms with Crippen molar-refractivity contribution in [1.82, 2.24) is 9.62 Å². The average molecular weight is 479 g/mol. The van der Waals surface area contributed by atoms with Gasteiger partial charge in [0.15, 0.2) is 11.6 Å². The molecule has 180 valence electrons. The third-order valence-corrected chi connectivity index (χ3v) is 6.92. The Labute approximate surface area is 186 Å². The highest BCUT2D eigenvalue weighted by Crippen LogP contribution is 2.36. The normalized spacial score (nSPS) is 26.7. The summed E-state index contributed by atoms with van der Waals surface area (Å²) in [4.78, 5) is 13.7. The number of methoxy groups -OCH3 is 1. The lowest BCUT2D eigenvalue weighted by molar-refractivity contribution is -0.0246. The number of hydrogen-bond donors (Lipinski definition) is 1. The molecule has 1 aromatic rings. The molecule has 1 aliphatic carbocycles. The van der Waals surface area contributed by atoms with E-state index in [-0.39, 0.29) is 24.2 Å². The van der Waals surface area contributed by atoms with Crippen LogP contribution < -0.4 is 4.72 Å². The van der Waals surface area contributed by atoms with Crippen molar-refractivity contribution in [2.45, 2.75) is 62.6 Å². The number of likely N-dealkylation sites (tertiary alicyclic amines) is 1. The van der Waals surface area contributed by atoms with Crippen molar-refractivity contribution in [3.05, 3.63) is 35.1 Å². The van der Waals surface area contributed by atoms with Crippen molar-refractivity contribution in [1.29, 1.82) is 0 Å². The smallest absolute Gasteiger partial charge is 0.409 e. The fourth-order valence-electron chi connectivity index (χ4n) is 4.67. The number of amides is 1. The Hall–Kier alpha value is -1.85. The maximum atomic E-state index is 14.1. The van der Waals surface area contributed by atoms with Gasteiger partial charge in [-0.3, -0.25) is 0 Å². The zero-order valence-corrected chi connectivity index (χ0v) is 19.0. The summed E-state index contributed by atoms with van der Waals surface area (Å²) < 4.78 is 78.2. The van der Waals surface area contributed by atoms with Gasteiger partial charge in [0.2, 0.25) is 10.0 Å². The molecule has 2 atom stereocenters. The molecule has 7 nitrogen and oxygen atoms in total. The van der Waals surface area contributed by atoms with Crippen LogP contribution in [0.4, 0.5) is 18.0 Å². The summed E-state index contributed by atoms with van der Waals surface area (Å²) in [7, 11) is -2.22. The Morgan fingerprint density at radius 1 is 1.16 bits per heavy atom. The molecule has 2 aliphatic rings. The number of halogens is 3. The number of hydrogen-bond acceptors (Lipinski definition) is 5. The van der Waals surface area contributed by atoms with E-state index in [2.05, 4.69) is 4.72 Å². The Morgan fingerprint density at radius 3 is 2.47 bits per heavy atom. The van der Waals surface area contributed by atoms with Crippen LogP contribution in [0.3, 0.4) is 0 Å². The molecule has 0 bridgehead atoms. The van der Waals surface area contributed by atoms with Crippen LogP contribution in [0.15, 0.2) is 12.1 Å². The van der Waals surface area contributed by atoms with Crippen molar-refractivity contribution < 1.29 is 35.9 Å². The zero-order chi connectivity index (χ0) is 23.5. The van der Waals surface area contributed by atoms with Crippen molar-refractivity contribution in [3.8, 4) is 0 Å². The van der Waals surface area contributed by atoms with Crippen LogP contribution in [-0.2, 0) is 19.5 Å². The van der Waals surface area contributed by atoms with Crippen molar-refractivity contribution >= 4 is 16.1 Å². The molecule has 1 heterocycles. The number of carbonyl (C=O) groups excluding carboxylic acids is 1. The van der Waals surface area contributed by atoms with Crippen LogP contribution in [0.1, 0.15) is 50.0 Å². The molecule has 32 heavy (non-hydrogen) atoms. The molecule has 1 aromatic carbocycles. The van der Waals surface area contributed by atoms with Gasteiger partial charge in [-0.05, 0) is 56.1 Å². The summed E-state index contributed by atoms with van der Waals surface area (Å²) in [6, 6.07) is 0.547. The molecular weight excluding hydrogens is 449 g/mol. The first-order valence-corrected chi connectivity index (χ1v) is 12.6. The number of nitrogens with one attached hydrogen (secondary N) is 1. The van der Waals surface area contributed by atoms with Gasteiger partial charge in [0.1, 0.15) is 5.82 Å². The molecule has 0 unspecified atom stereocenters. The van der Waals surface area contributed by atoms with Gasteiger partial charge in [-0.2, -0.15) is 0 Å². The van der Waals surface area contributed by atoms with Gasteiger partial charge in [0, 0.05) is 18.7 Å². The first-order chi connectivity index (χ1) is 15.1. The second kappa shape index (κ2) is 10.4. The molecule has 1 N–H and O–H groups in total. The van der Waals surface area contributed by atoms with Gasteiger partial charge in [0.25, 0.3) is 0 Å². The van der Waals surface area contributed by atoms with E-state index >= 15 is 0 Å². The van der Waals surface area contributed by atoms with Crippen LogP contribution in [0.25, 0.3) is 0 Å². The number of carbonyl (C=O) groups is 1. The topological polar surface area (TPSA) is 84.9 Å². The highest BCUT2D eigenvalue weighted by atomic mass is 32.2. The number of benzene rings is 1. The molecule has 1 amide bonds. The van der Waals surface area contributed by atoms with E-state index in [0.29, 0.717) is 51.1 Å². The van der Waals surface area contributed by atoms with Gasteiger partial charge < -0.3 is 14.4 Å². The molecule has 2 fully saturated rings. The summed E-state index contributed by atoms with van der Waals surface area (Å²) in [5, 5.41) is 0. The van der Waals surface area contributed by atoms with Gasteiger partial charge >= 0.3 is 6.09 Å². The zero-order valence-electron chi connectivity index (χ0n) is 18.2. The summed E-state index contributed by atoms with van der Waals surface area (Å²) in [5.74, 6) is -3.31. The quantitative estimate of drug-likeness (QED) is 0.635. The summed E-state index contributed by atoms with van der Waals surface area (Å²) in [6.45, 7) is 0.542. The Balaban J connectivity index is 1.62. The average Bonchev–Trinajstić information content (AvgIpc) is 2.74. The van der Waals surface area contributed by atoms with Crippen LogP contribution >= 0.6 is 0 Å². The van der Waals surface area contributed by atoms with Crippen LogP contribution in [-0.4, -0.2) is 64.1 Å². The molecule has 1 aliphatic heterocycles. The van der Waals surface area contributed by atoms with Crippen molar-refractivity contribution in [2.24, 2.45) is 0 Å². The second-order valence-corrected chi connectivity index (χ2v) is 10.2. The monoisotopic (exact) mass is 478 g/mol. The van der Waals surface area contributed by atoms with Crippen molar-refractivity contribution in [3.63, 3.8) is 0 Å². The van der Waals surface area contributed by atoms with E-state index in [4.69, 9.17) is 9.47 Å². The Bertz CT molecular complexity index is 922. The second-order valence-electron chi connectivity index (χ2n) is 8.47. The summed E-state index contributed by atoms with van der Waals surface area (Å²) in [6.07, 6.45) is 3.62. The largest absolute Gasteiger partial charge is 0.453 e. The number of rotatable bonds is 6.